The van der Waals surface area contributed by atoms with Gasteiger partial charge in [0.2, 0.25) is 23.6 Å². The first-order chi connectivity index (χ1) is 24.1. The second-order valence-corrected chi connectivity index (χ2v) is 15.4. The molecule has 0 saturated heterocycles. The summed E-state index contributed by atoms with van der Waals surface area (Å²) < 4.78 is 2.23. The van der Waals surface area contributed by atoms with Crippen LogP contribution in [-0.2, 0) is 25.7 Å². The molecule has 278 valence electrons. The van der Waals surface area contributed by atoms with E-state index < -0.39 is 12.1 Å². The predicted octanol–water partition coefficient (Wildman–Crippen LogP) is 2.72. The van der Waals surface area contributed by atoms with Gasteiger partial charge in [-0.2, -0.15) is 0 Å². The summed E-state index contributed by atoms with van der Waals surface area (Å²) >= 11 is 0. The van der Waals surface area contributed by atoms with Gasteiger partial charge in [0.25, 0.3) is 0 Å². The molecule has 1 aromatic heterocycles. The van der Waals surface area contributed by atoms with Gasteiger partial charge in [0.05, 0.1) is 12.1 Å². The maximum atomic E-state index is 13.4. The van der Waals surface area contributed by atoms with Gasteiger partial charge in [-0.05, 0) is 71.5 Å². The molecule has 7 N–H and O–H groups in total. The van der Waals surface area contributed by atoms with Crippen molar-refractivity contribution < 1.29 is 19.2 Å². The van der Waals surface area contributed by atoms with Crippen LogP contribution in [0.1, 0.15) is 77.6 Å². The molecule has 3 aromatic rings. The largest absolute Gasteiger partial charge is 0.353 e. The summed E-state index contributed by atoms with van der Waals surface area (Å²) in [6, 6.07) is 16.8. The predicted molar refractivity (Wildman–Crippen MR) is 213 cm³/mol. The van der Waals surface area contributed by atoms with E-state index in [4.69, 9.17) is 11.5 Å². The lowest BCUT2D eigenvalue weighted by Gasteiger charge is -2.41. The number of unbranched alkanes of at least 4 members (excludes halogenated alkanes) is 1. The molecule has 0 aliphatic heterocycles. The number of benzene rings is 2. The lowest BCUT2D eigenvalue weighted by molar-refractivity contribution is -0.135. The maximum Gasteiger partial charge on any atom is 0.242 e. The van der Waals surface area contributed by atoms with Crippen molar-refractivity contribution in [3.8, 4) is 11.1 Å². The van der Waals surface area contributed by atoms with Crippen molar-refractivity contribution in [1.82, 2.24) is 25.4 Å². The summed E-state index contributed by atoms with van der Waals surface area (Å²) in [5.74, 6) is -1.10. The van der Waals surface area contributed by atoms with Gasteiger partial charge < -0.3 is 36.9 Å². The van der Waals surface area contributed by atoms with Crippen molar-refractivity contribution in [3.63, 3.8) is 0 Å². The Hall–Kier alpha value is -3.62. The molecule has 51 heavy (non-hydrogen) atoms. The highest BCUT2D eigenvalue weighted by Crippen LogP contribution is 2.41. The van der Waals surface area contributed by atoms with Crippen LogP contribution in [0.25, 0.3) is 11.1 Å². The van der Waals surface area contributed by atoms with Crippen molar-refractivity contribution in [3.05, 3.63) is 72.1 Å². The Morgan fingerprint density at radius 1 is 0.902 bits per heavy atom. The quantitative estimate of drug-likeness (QED) is 0.0996. The third kappa shape index (κ3) is 12.8. The zero-order valence-corrected chi connectivity index (χ0v) is 33.0. The molecule has 3 rings (SSSR count). The fourth-order valence-corrected chi connectivity index (χ4v) is 6.84. The van der Waals surface area contributed by atoms with Crippen LogP contribution in [0.4, 0.5) is 0 Å². The second kappa shape index (κ2) is 19.8. The molecular weight excluding hydrogens is 680 g/mol. The number of carbonyl (C=O) groups is 4. The van der Waals surface area contributed by atoms with E-state index in [1.54, 1.807) is 6.92 Å². The van der Waals surface area contributed by atoms with Crippen molar-refractivity contribution >= 4 is 52.7 Å². The zero-order valence-electron chi connectivity index (χ0n) is 30.7. The van der Waals surface area contributed by atoms with Gasteiger partial charge in [0.15, 0.2) is 0 Å². The number of nitrogens with one attached hydrogen (secondary N) is 3. The summed E-state index contributed by atoms with van der Waals surface area (Å²) in [6.07, 6.45) is 4.33. The maximum absolute atomic E-state index is 13.4. The molecule has 0 bridgehead atoms. The molecular formula is C38H57N7O4P2. The Kier molecular flexibility index (Phi) is 16.3. The molecule has 5 atom stereocenters. The van der Waals surface area contributed by atoms with E-state index in [-0.39, 0.29) is 61.1 Å². The van der Waals surface area contributed by atoms with Crippen LogP contribution in [0, 0.1) is 5.41 Å². The van der Waals surface area contributed by atoms with Gasteiger partial charge in [0, 0.05) is 57.5 Å². The Morgan fingerprint density at radius 2 is 1.57 bits per heavy atom. The monoisotopic (exact) mass is 737 g/mol. The molecule has 4 amide bonds. The fraction of sp³-hybridized carbons (Fsp3) is 0.474. The van der Waals surface area contributed by atoms with Gasteiger partial charge in [0.1, 0.15) is 6.04 Å². The summed E-state index contributed by atoms with van der Waals surface area (Å²) in [5, 5.41) is 10.4. The van der Waals surface area contributed by atoms with Crippen LogP contribution < -0.4 is 38.0 Å². The second-order valence-electron chi connectivity index (χ2n) is 14.1. The van der Waals surface area contributed by atoms with Crippen LogP contribution >= 0.6 is 18.5 Å². The lowest BCUT2D eigenvalue weighted by Crippen LogP contribution is -2.49. The van der Waals surface area contributed by atoms with Gasteiger partial charge in [-0.1, -0.05) is 63.2 Å². The number of amides is 4. The van der Waals surface area contributed by atoms with Crippen molar-refractivity contribution in [2.75, 3.05) is 26.2 Å². The van der Waals surface area contributed by atoms with Gasteiger partial charge in [-0.25, -0.2) is 0 Å². The number of carbonyl (C=O) groups excluding carboxylic acids is 4. The lowest BCUT2D eigenvalue weighted by atomic mass is 9.82. The molecule has 0 saturated carbocycles. The molecule has 0 aliphatic rings. The third-order valence-electron chi connectivity index (χ3n) is 8.71. The van der Waals surface area contributed by atoms with E-state index >= 15 is 0 Å². The number of nitrogens with zero attached hydrogens (tertiary/aromatic N) is 2. The standard InChI is InChI=1S/C38H57N7O4P2/c1-25(46)43-32(13-9-10-17-39)37(49)42-19-18-41-36(48)31(40)16-20-45(26(2)47)35(38(3,4)5)33-21-28(30-22-29(50)14-15-34(30)51)24-44(33)23-27-11-7-6-8-12-27/h6-8,11-12,14-15,21-22,24,31-32,35H,9-10,13,16-20,23,39-40,50-51H2,1-5H3,(H,41,48)(H,42,49)(H,43,46). The molecule has 13 heteroatoms. The molecule has 0 spiro atoms. The van der Waals surface area contributed by atoms with Gasteiger partial charge in [-0.15, -0.1) is 18.5 Å². The number of rotatable bonds is 18. The fourth-order valence-electron chi connectivity index (χ4n) is 6.23. The van der Waals surface area contributed by atoms with E-state index in [1.807, 2.05) is 23.1 Å². The average Bonchev–Trinajstić information content (AvgIpc) is 3.46. The van der Waals surface area contributed by atoms with E-state index in [2.05, 4.69) is 102 Å². The highest BCUT2D eigenvalue weighted by atomic mass is 31.0. The van der Waals surface area contributed by atoms with Gasteiger partial charge in [-0.3, -0.25) is 19.2 Å². The van der Waals surface area contributed by atoms with Crippen molar-refractivity contribution in [2.24, 2.45) is 16.9 Å². The highest BCUT2D eigenvalue weighted by Gasteiger charge is 2.36. The SMILES string of the molecule is CC(=O)NC(CCCCN)C(=O)NCCNC(=O)C(N)CCN(C(C)=O)C(c1cc(-c2cc(P)ccc2P)cn1Cc1ccccc1)C(C)(C)C. The third-order valence-corrected chi connectivity index (χ3v) is 9.58. The van der Waals surface area contributed by atoms with E-state index in [0.29, 0.717) is 25.9 Å². The molecule has 5 unspecified atom stereocenters. The Balaban J connectivity index is 1.76. The minimum atomic E-state index is -0.873. The van der Waals surface area contributed by atoms with E-state index in [0.717, 1.165) is 39.4 Å². The topological polar surface area (TPSA) is 165 Å². The summed E-state index contributed by atoms with van der Waals surface area (Å²) in [6.45, 7) is 11.0. The Morgan fingerprint density at radius 3 is 2.18 bits per heavy atom. The van der Waals surface area contributed by atoms with Crippen LogP contribution in [0.2, 0.25) is 0 Å². The minimum absolute atomic E-state index is 0.113. The molecule has 11 nitrogen and oxygen atoms in total. The summed E-state index contributed by atoms with van der Waals surface area (Å²) in [7, 11) is 5.59. The number of nitrogens with two attached hydrogens (primary N) is 2. The smallest absolute Gasteiger partial charge is 0.242 e. The van der Waals surface area contributed by atoms with Gasteiger partial charge >= 0.3 is 0 Å². The average molecular weight is 738 g/mol. The summed E-state index contributed by atoms with van der Waals surface area (Å²) in [4.78, 5) is 52.5. The van der Waals surface area contributed by atoms with E-state index in [1.165, 1.54) is 6.92 Å². The van der Waals surface area contributed by atoms with Crippen LogP contribution in [-0.4, -0.2) is 71.4 Å². The van der Waals surface area contributed by atoms with E-state index in [9.17, 15) is 19.2 Å². The highest BCUT2D eigenvalue weighted by molar-refractivity contribution is 7.28. The molecule has 2 aromatic carbocycles. The first-order valence-corrected chi connectivity index (χ1v) is 18.7. The zero-order chi connectivity index (χ0) is 37.7. The van der Waals surface area contributed by atoms with Crippen LogP contribution in [0.5, 0.6) is 0 Å². The van der Waals surface area contributed by atoms with Crippen LogP contribution in [0.15, 0.2) is 60.8 Å². The van der Waals surface area contributed by atoms with Crippen molar-refractivity contribution in [2.45, 2.75) is 85.0 Å². The molecule has 1 heterocycles. The van der Waals surface area contributed by atoms with Crippen molar-refractivity contribution in [1.29, 1.82) is 0 Å². The molecule has 0 aliphatic carbocycles. The van der Waals surface area contributed by atoms with Crippen LogP contribution in [0.3, 0.4) is 0 Å². The number of hydrogen-bond acceptors (Lipinski definition) is 6. The summed E-state index contributed by atoms with van der Waals surface area (Å²) in [5.41, 5.74) is 15.8. The molecule has 0 radical (unpaired) electrons. The first kappa shape index (κ1) is 41.8. The Labute approximate surface area is 307 Å². The normalized spacial score (nSPS) is 13.2. The number of hydrogen-bond donors (Lipinski definition) is 5. The number of aromatic nitrogens is 1. The molecule has 0 fully saturated rings. The minimum Gasteiger partial charge on any atom is -0.353 e. The Bertz CT molecular complexity index is 1620. The first-order valence-electron chi connectivity index (χ1n) is 17.6.